The molecule has 1 aliphatic carbocycles. The fraction of sp³-hybridized carbons (Fsp3) is 0.400. The minimum absolute atomic E-state index is 0.650. The maximum atomic E-state index is 6.46. The van der Waals surface area contributed by atoms with Crippen molar-refractivity contribution in [3.05, 3.63) is 77.6 Å². The molecular formula is C30H40N4. The number of aryl methyl sites for hydroxylation is 1. The predicted octanol–water partition coefficient (Wildman–Crippen LogP) is 7.01. The van der Waals surface area contributed by atoms with Crippen molar-refractivity contribution in [3.8, 4) is 5.69 Å². The fourth-order valence-corrected chi connectivity index (χ4v) is 5.65. The summed E-state index contributed by atoms with van der Waals surface area (Å²) < 4.78 is 2.12. The van der Waals surface area contributed by atoms with Gasteiger partial charge in [-0.25, -0.2) is 0 Å². The van der Waals surface area contributed by atoms with Crippen LogP contribution in [0, 0.1) is 12.3 Å². The molecule has 2 heterocycles. The Morgan fingerprint density at radius 3 is 2.12 bits per heavy atom. The van der Waals surface area contributed by atoms with Crippen LogP contribution in [0.4, 0.5) is 11.4 Å². The maximum absolute atomic E-state index is 6.46. The van der Waals surface area contributed by atoms with E-state index in [9.17, 15) is 0 Å². The predicted molar refractivity (Wildman–Crippen MR) is 147 cm³/mol. The number of nitrogens with two attached hydrogens (primary N) is 2. The van der Waals surface area contributed by atoms with E-state index in [1.165, 1.54) is 57.3 Å². The van der Waals surface area contributed by atoms with Crippen molar-refractivity contribution in [2.75, 3.05) is 23.7 Å². The monoisotopic (exact) mass is 456 g/mol. The van der Waals surface area contributed by atoms with Gasteiger partial charge in [-0.15, -0.1) is 0 Å². The average molecular weight is 457 g/mol. The molecule has 34 heavy (non-hydrogen) atoms. The van der Waals surface area contributed by atoms with Gasteiger partial charge in [0.1, 0.15) is 0 Å². The highest BCUT2D eigenvalue weighted by Gasteiger charge is 2.36. The summed E-state index contributed by atoms with van der Waals surface area (Å²) in [7, 11) is 0. The lowest BCUT2D eigenvalue weighted by molar-refractivity contribution is 0.226. The van der Waals surface area contributed by atoms with Gasteiger partial charge < -0.3 is 20.9 Å². The molecule has 5 rings (SSSR count). The summed E-state index contributed by atoms with van der Waals surface area (Å²) in [4.78, 5) is 2.55. The Balaban J connectivity index is 0.00000133. The van der Waals surface area contributed by atoms with Crippen molar-refractivity contribution >= 4 is 23.1 Å². The lowest BCUT2D eigenvalue weighted by Gasteiger charge is -2.40. The molecule has 1 aliphatic heterocycles. The van der Waals surface area contributed by atoms with Crippen LogP contribution in [-0.2, 0) is 0 Å². The van der Waals surface area contributed by atoms with Gasteiger partial charge in [0.2, 0.25) is 0 Å². The van der Waals surface area contributed by atoms with Gasteiger partial charge in [-0.1, -0.05) is 51.0 Å². The molecule has 1 aromatic heterocycles. The van der Waals surface area contributed by atoms with Crippen LogP contribution in [0.1, 0.15) is 69.2 Å². The zero-order valence-corrected chi connectivity index (χ0v) is 21.1. The van der Waals surface area contributed by atoms with Gasteiger partial charge in [-0.2, -0.15) is 0 Å². The van der Waals surface area contributed by atoms with Crippen molar-refractivity contribution in [3.63, 3.8) is 0 Å². The number of nitrogens with zero attached hydrogens (tertiary/aromatic N) is 2. The SMILES string of the molecule is CC.Cc1ccccc1/C(N)=C/c1c(N)ccn1-c1ccc(N2CCC3(CCCC3)CC2)cc1. The number of nitrogen functional groups attached to an aromatic ring is 1. The van der Waals surface area contributed by atoms with E-state index in [1.54, 1.807) is 0 Å². The summed E-state index contributed by atoms with van der Waals surface area (Å²) in [5.74, 6) is 0. The lowest BCUT2D eigenvalue weighted by Crippen LogP contribution is -2.38. The van der Waals surface area contributed by atoms with Gasteiger partial charge in [-0.3, -0.25) is 0 Å². The van der Waals surface area contributed by atoms with Crippen LogP contribution in [-0.4, -0.2) is 17.7 Å². The minimum Gasteiger partial charge on any atom is -0.398 e. The highest BCUT2D eigenvalue weighted by atomic mass is 15.1. The number of aromatic nitrogens is 1. The molecule has 0 unspecified atom stereocenters. The number of anilines is 2. The maximum Gasteiger partial charge on any atom is 0.0707 e. The van der Waals surface area contributed by atoms with Crippen molar-refractivity contribution in [2.24, 2.45) is 11.1 Å². The molecule has 4 N–H and O–H groups in total. The van der Waals surface area contributed by atoms with Crippen molar-refractivity contribution < 1.29 is 0 Å². The minimum atomic E-state index is 0.650. The molecule has 4 nitrogen and oxygen atoms in total. The number of piperidine rings is 1. The van der Waals surface area contributed by atoms with Gasteiger partial charge in [0.05, 0.1) is 11.4 Å². The number of rotatable bonds is 4. The first kappa shape index (κ1) is 24.0. The second-order valence-electron chi connectivity index (χ2n) is 9.65. The second-order valence-corrected chi connectivity index (χ2v) is 9.65. The average Bonchev–Trinajstić information content (AvgIpc) is 3.48. The fourth-order valence-electron chi connectivity index (χ4n) is 5.65. The van der Waals surface area contributed by atoms with E-state index >= 15 is 0 Å². The Hall–Kier alpha value is -3.14. The summed E-state index contributed by atoms with van der Waals surface area (Å²) in [5.41, 5.74) is 20.4. The Kier molecular flexibility index (Phi) is 7.35. The van der Waals surface area contributed by atoms with Gasteiger partial charge in [0, 0.05) is 41.9 Å². The standard InChI is InChI=1S/C28H34N4.C2H6/c1-21-6-2-3-7-24(21)26(30)20-27-25(29)12-17-32(27)23-10-8-22(9-11-23)31-18-15-28(16-19-31)13-4-5-14-28;1-2/h2-3,6-12,17,20H,4-5,13-16,18-19,29-30H2,1H3;1-2H3/b26-20-;. The van der Waals surface area contributed by atoms with E-state index < -0.39 is 0 Å². The number of hydrogen-bond donors (Lipinski definition) is 2. The summed E-state index contributed by atoms with van der Waals surface area (Å²) in [6.45, 7) is 8.43. The van der Waals surface area contributed by atoms with Crippen LogP contribution in [0.15, 0.2) is 60.8 Å². The van der Waals surface area contributed by atoms with Crippen molar-refractivity contribution in [1.29, 1.82) is 0 Å². The van der Waals surface area contributed by atoms with Crippen LogP contribution in [0.2, 0.25) is 0 Å². The number of hydrogen-bond acceptors (Lipinski definition) is 3. The van der Waals surface area contributed by atoms with Gasteiger partial charge >= 0.3 is 0 Å². The molecule has 180 valence electrons. The smallest absolute Gasteiger partial charge is 0.0707 e. The van der Waals surface area contributed by atoms with Gasteiger partial charge in [0.15, 0.2) is 0 Å². The number of benzene rings is 2. The summed E-state index contributed by atoms with van der Waals surface area (Å²) >= 11 is 0. The molecule has 0 bridgehead atoms. The summed E-state index contributed by atoms with van der Waals surface area (Å²) in [5, 5.41) is 0. The molecule has 2 aliphatic rings. The quantitative estimate of drug-likeness (QED) is 0.444. The normalized spacial score (nSPS) is 17.5. The van der Waals surface area contributed by atoms with Crippen LogP contribution < -0.4 is 16.4 Å². The van der Waals surface area contributed by atoms with Crippen LogP contribution in [0.25, 0.3) is 17.5 Å². The molecule has 1 spiro atoms. The largest absolute Gasteiger partial charge is 0.398 e. The molecule has 2 aromatic carbocycles. The highest BCUT2D eigenvalue weighted by Crippen LogP contribution is 2.46. The molecule has 1 saturated carbocycles. The topological polar surface area (TPSA) is 60.2 Å². The van der Waals surface area contributed by atoms with E-state index in [1.807, 2.05) is 50.4 Å². The second kappa shape index (κ2) is 10.4. The Bertz CT molecular complexity index is 1110. The van der Waals surface area contributed by atoms with E-state index in [0.29, 0.717) is 5.41 Å². The third kappa shape index (κ3) is 4.86. The first-order valence-corrected chi connectivity index (χ1v) is 12.9. The van der Waals surface area contributed by atoms with Crippen LogP contribution in [0.5, 0.6) is 0 Å². The Labute approximate surface area is 205 Å². The van der Waals surface area contributed by atoms with E-state index in [0.717, 1.165) is 33.9 Å². The van der Waals surface area contributed by atoms with Crippen molar-refractivity contribution in [1.82, 2.24) is 4.57 Å². The zero-order chi connectivity index (χ0) is 24.1. The van der Waals surface area contributed by atoms with E-state index in [4.69, 9.17) is 11.5 Å². The Morgan fingerprint density at radius 1 is 0.853 bits per heavy atom. The third-order valence-electron chi connectivity index (χ3n) is 7.69. The van der Waals surface area contributed by atoms with Gasteiger partial charge in [-0.05, 0) is 80.0 Å². The third-order valence-corrected chi connectivity index (χ3v) is 7.69. The molecule has 0 atom stereocenters. The summed E-state index contributed by atoms with van der Waals surface area (Å²) in [6.07, 6.45) is 12.4. The van der Waals surface area contributed by atoms with E-state index in [2.05, 4.69) is 46.7 Å². The molecule has 3 aromatic rings. The van der Waals surface area contributed by atoms with E-state index in [-0.39, 0.29) is 0 Å². The first-order chi connectivity index (χ1) is 16.5. The molecular weight excluding hydrogens is 416 g/mol. The molecule has 1 saturated heterocycles. The van der Waals surface area contributed by atoms with Gasteiger partial charge in [0.25, 0.3) is 0 Å². The molecule has 0 amide bonds. The Morgan fingerprint density at radius 2 is 1.47 bits per heavy atom. The lowest BCUT2D eigenvalue weighted by atomic mass is 9.77. The molecule has 0 radical (unpaired) electrons. The van der Waals surface area contributed by atoms with Crippen LogP contribution >= 0.6 is 0 Å². The molecule has 4 heteroatoms. The first-order valence-electron chi connectivity index (χ1n) is 12.9. The highest BCUT2D eigenvalue weighted by molar-refractivity contribution is 5.83. The summed E-state index contributed by atoms with van der Waals surface area (Å²) in [6, 6.07) is 19.0. The zero-order valence-electron chi connectivity index (χ0n) is 21.1. The molecule has 2 fully saturated rings. The van der Waals surface area contributed by atoms with Crippen molar-refractivity contribution in [2.45, 2.75) is 59.3 Å². The van der Waals surface area contributed by atoms with Crippen LogP contribution in [0.3, 0.4) is 0 Å².